The first-order chi connectivity index (χ1) is 10.2. The molecule has 0 N–H and O–H groups in total. The fourth-order valence-electron chi connectivity index (χ4n) is 2.53. The van der Waals surface area contributed by atoms with Gasteiger partial charge in [-0.15, -0.1) is 11.6 Å². The Morgan fingerprint density at radius 1 is 1.05 bits per heavy atom. The van der Waals surface area contributed by atoms with Crippen LogP contribution in [0, 0.1) is 6.92 Å². The second kappa shape index (κ2) is 5.74. The van der Waals surface area contributed by atoms with E-state index in [-0.39, 0.29) is 5.63 Å². The number of alkyl halides is 1. The number of benzene rings is 2. The van der Waals surface area contributed by atoms with Gasteiger partial charge in [-0.05, 0) is 29.7 Å². The average Bonchev–Trinajstić information content (AvgIpc) is 2.52. The third-order valence-electron chi connectivity index (χ3n) is 3.73. The van der Waals surface area contributed by atoms with Crippen LogP contribution in [0.25, 0.3) is 11.0 Å². The van der Waals surface area contributed by atoms with E-state index >= 15 is 0 Å². The number of rotatable bonds is 3. The zero-order chi connectivity index (χ0) is 14.8. The Balaban J connectivity index is 2.14. The number of fused-ring (bicyclic) bond motifs is 1. The minimum absolute atomic E-state index is 0.268. The summed E-state index contributed by atoms with van der Waals surface area (Å²) in [6.07, 6.45) is 0.586. The zero-order valence-electron chi connectivity index (χ0n) is 11.7. The molecule has 0 aliphatic rings. The predicted octanol–water partition coefficient (Wildman–Crippen LogP) is 4.43. The second-order valence-corrected chi connectivity index (χ2v) is 5.39. The summed E-state index contributed by atoms with van der Waals surface area (Å²) >= 11 is 5.83. The highest BCUT2D eigenvalue weighted by molar-refractivity contribution is 6.17. The third-order valence-corrected chi connectivity index (χ3v) is 4.04. The van der Waals surface area contributed by atoms with Crippen LogP contribution < -0.4 is 5.63 Å². The molecule has 3 aromatic rings. The van der Waals surface area contributed by atoms with Crippen LogP contribution in [0.4, 0.5) is 0 Å². The Bertz CT molecular complexity index is 835. The van der Waals surface area contributed by atoms with Gasteiger partial charge in [0.05, 0.1) is 0 Å². The Morgan fingerprint density at radius 3 is 2.52 bits per heavy atom. The van der Waals surface area contributed by atoms with E-state index in [9.17, 15) is 4.79 Å². The summed E-state index contributed by atoms with van der Waals surface area (Å²) in [5.41, 5.74) is 4.08. The smallest absolute Gasteiger partial charge is 0.340 e. The molecular weight excluding hydrogens is 284 g/mol. The van der Waals surface area contributed by atoms with Crippen molar-refractivity contribution >= 4 is 22.6 Å². The number of halogens is 1. The normalized spacial score (nSPS) is 11.0. The molecule has 0 amide bonds. The van der Waals surface area contributed by atoms with Crippen molar-refractivity contribution in [1.29, 1.82) is 0 Å². The monoisotopic (exact) mass is 298 g/mol. The molecule has 1 aromatic heterocycles. The molecule has 0 atom stereocenters. The lowest BCUT2D eigenvalue weighted by atomic mass is 9.99. The van der Waals surface area contributed by atoms with Gasteiger partial charge in [-0.25, -0.2) is 4.79 Å². The Kier molecular flexibility index (Phi) is 3.80. The van der Waals surface area contributed by atoms with E-state index in [0.29, 0.717) is 23.4 Å². The first-order valence-electron chi connectivity index (χ1n) is 6.84. The number of hydrogen-bond acceptors (Lipinski definition) is 2. The van der Waals surface area contributed by atoms with E-state index in [1.165, 1.54) is 0 Å². The molecule has 2 aromatic carbocycles. The minimum atomic E-state index is -0.268. The summed E-state index contributed by atoms with van der Waals surface area (Å²) in [4.78, 5) is 12.3. The topological polar surface area (TPSA) is 30.2 Å². The van der Waals surface area contributed by atoms with Crippen LogP contribution in [0.2, 0.25) is 0 Å². The Morgan fingerprint density at radius 2 is 1.81 bits per heavy atom. The van der Waals surface area contributed by atoms with Crippen LogP contribution in [0.15, 0.2) is 57.7 Å². The number of aryl methyl sites for hydroxylation is 1. The van der Waals surface area contributed by atoms with Crippen molar-refractivity contribution in [1.82, 2.24) is 0 Å². The van der Waals surface area contributed by atoms with Crippen molar-refractivity contribution in [3.8, 4) is 0 Å². The van der Waals surface area contributed by atoms with Gasteiger partial charge < -0.3 is 4.42 Å². The fourth-order valence-corrected chi connectivity index (χ4v) is 2.69. The summed E-state index contributed by atoms with van der Waals surface area (Å²) in [6, 6.07) is 15.7. The quantitative estimate of drug-likeness (QED) is 0.529. The third kappa shape index (κ3) is 2.72. The van der Waals surface area contributed by atoms with Crippen LogP contribution >= 0.6 is 11.6 Å². The van der Waals surface area contributed by atoms with Crippen molar-refractivity contribution in [2.24, 2.45) is 0 Å². The van der Waals surface area contributed by atoms with Crippen molar-refractivity contribution < 1.29 is 4.42 Å². The minimum Gasteiger partial charge on any atom is -0.422 e. The Hall–Kier alpha value is -2.06. The maximum atomic E-state index is 12.3. The molecule has 106 valence electrons. The molecule has 0 fully saturated rings. The first kappa shape index (κ1) is 13.9. The summed E-state index contributed by atoms with van der Waals surface area (Å²) in [6.45, 7) is 1.97. The van der Waals surface area contributed by atoms with Gasteiger partial charge in [-0.3, -0.25) is 0 Å². The predicted molar refractivity (Wildman–Crippen MR) is 86.0 cm³/mol. The highest BCUT2D eigenvalue weighted by Gasteiger charge is 2.12. The molecule has 0 aliphatic carbocycles. The highest BCUT2D eigenvalue weighted by Crippen LogP contribution is 2.22. The lowest BCUT2D eigenvalue weighted by Gasteiger charge is -2.08. The molecule has 0 radical (unpaired) electrons. The van der Waals surface area contributed by atoms with Crippen molar-refractivity contribution in [3.63, 3.8) is 0 Å². The van der Waals surface area contributed by atoms with Crippen LogP contribution in [0.5, 0.6) is 0 Å². The molecule has 0 unspecified atom stereocenters. The van der Waals surface area contributed by atoms with Crippen LogP contribution in [-0.2, 0) is 12.3 Å². The molecule has 21 heavy (non-hydrogen) atoms. The van der Waals surface area contributed by atoms with Gasteiger partial charge in [0.1, 0.15) is 5.58 Å². The van der Waals surface area contributed by atoms with E-state index in [0.717, 1.165) is 22.1 Å². The molecule has 1 heterocycles. The fraction of sp³-hybridized carbons (Fsp3) is 0.167. The average molecular weight is 299 g/mol. The standard InChI is InChI=1S/C18H15ClO2/c1-12-15-8-7-14(11-19)10-17(15)21-18(20)16(12)9-13-5-3-2-4-6-13/h2-8,10H,9,11H2,1H3. The lowest BCUT2D eigenvalue weighted by molar-refractivity contribution is 0.550. The second-order valence-electron chi connectivity index (χ2n) is 5.12. The van der Waals surface area contributed by atoms with Gasteiger partial charge in [-0.1, -0.05) is 42.5 Å². The first-order valence-corrected chi connectivity index (χ1v) is 7.37. The van der Waals surface area contributed by atoms with Crippen molar-refractivity contribution in [3.05, 3.63) is 81.2 Å². The molecule has 0 aliphatic heterocycles. The van der Waals surface area contributed by atoms with E-state index in [1.807, 2.05) is 55.5 Å². The van der Waals surface area contributed by atoms with E-state index < -0.39 is 0 Å². The largest absolute Gasteiger partial charge is 0.422 e. The van der Waals surface area contributed by atoms with Gasteiger partial charge in [0, 0.05) is 23.3 Å². The van der Waals surface area contributed by atoms with Gasteiger partial charge in [0.2, 0.25) is 0 Å². The van der Waals surface area contributed by atoms with Gasteiger partial charge in [-0.2, -0.15) is 0 Å². The van der Waals surface area contributed by atoms with Crippen molar-refractivity contribution in [2.45, 2.75) is 19.2 Å². The summed E-state index contributed by atoms with van der Waals surface area (Å²) in [7, 11) is 0. The van der Waals surface area contributed by atoms with Crippen molar-refractivity contribution in [2.75, 3.05) is 0 Å². The molecule has 0 saturated carbocycles. The molecule has 3 rings (SSSR count). The maximum Gasteiger partial charge on any atom is 0.340 e. The van der Waals surface area contributed by atoms with E-state index in [2.05, 4.69) is 0 Å². The molecule has 0 saturated heterocycles. The molecule has 2 nitrogen and oxygen atoms in total. The molecule has 3 heteroatoms. The summed E-state index contributed by atoms with van der Waals surface area (Å²) in [5.74, 6) is 0.407. The molecule has 0 bridgehead atoms. The van der Waals surface area contributed by atoms with E-state index in [1.54, 1.807) is 0 Å². The molecule has 0 spiro atoms. The van der Waals surface area contributed by atoms with E-state index in [4.69, 9.17) is 16.0 Å². The lowest BCUT2D eigenvalue weighted by Crippen LogP contribution is -2.11. The van der Waals surface area contributed by atoms with Gasteiger partial charge in [0.15, 0.2) is 0 Å². The Labute approximate surface area is 128 Å². The summed E-state index contributed by atoms with van der Waals surface area (Å²) in [5, 5.41) is 0.967. The van der Waals surface area contributed by atoms with Crippen LogP contribution in [-0.4, -0.2) is 0 Å². The van der Waals surface area contributed by atoms with Gasteiger partial charge >= 0.3 is 5.63 Å². The maximum absolute atomic E-state index is 12.3. The van der Waals surface area contributed by atoms with Crippen LogP contribution in [0.3, 0.4) is 0 Å². The summed E-state index contributed by atoms with van der Waals surface area (Å²) < 4.78 is 5.47. The molecular formula is C18H15ClO2. The zero-order valence-corrected chi connectivity index (χ0v) is 12.5. The SMILES string of the molecule is Cc1c(Cc2ccccc2)c(=O)oc2cc(CCl)ccc12. The van der Waals surface area contributed by atoms with Crippen LogP contribution in [0.1, 0.15) is 22.3 Å². The highest BCUT2D eigenvalue weighted by atomic mass is 35.5. The number of hydrogen-bond donors (Lipinski definition) is 0. The van der Waals surface area contributed by atoms with Gasteiger partial charge in [0.25, 0.3) is 0 Å².